The predicted octanol–water partition coefficient (Wildman–Crippen LogP) is 3.87. The van der Waals surface area contributed by atoms with Crippen molar-refractivity contribution in [2.75, 3.05) is 18.5 Å². The van der Waals surface area contributed by atoms with Crippen LogP contribution in [0.3, 0.4) is 0 Å². The maximum absolute atomic E-state index is 5.62. The lowest BCUT2D eigenvalue weighted by Crippen LogP contribution is -2.15. The maximum Gasteiger partial charge on any atom is 0.163 e. The van der Waals surface area contributed by atoms with Crippen LogP contribution in [0, 0.1) is 13.8 Å². The van der Waals surface area contributed by atoms with Gasteiger partial charge in [-0.15, -0.1) is 0 Å². The third-order valence-corrected chi connectivity index (χ3v) is 4.23. The highest BCUT2D eigenvalue weighted by atomic mass is 16.6. The zero-order valence-electron chi connectivity index (χ0n) is 14.5. The molecule has 0 radical (unpaired) electrons. The summed E-state index contributed by atoms with van der Waals surface area (Å²) < 4.78 is 13.1. The van der Waals surface area contributed by atoms with Crippen molar-refractivity contribution in [2.45, 2.75) is 20.4 Å². The van der Waals surface area contributed by atoms with Crippen molar-refractivity contribution in [2.24, 2.45) is 0 Å². The first-order valence-corrected chi connectivity index (χ1v) is 8.45. The van der Waals surface area contributed by atoms with E-state index >= 15 is 0 Å². The van der Waals surface area contributed by atoms with E-state index in [-0.39, 0.29) is 0 Å². The van der Waals surface area contributed by atoms with Gasteiger partial charge in [-0.3, -0.25) is 0 Å². The Kier molecular flexibility index (Phi) is 4.06. The molecule has 128 valence electrons. The Labute approximate surface area is 147 Å². The summed E-state index contributed by atoms with van der Waals surface area (Å²) in [6.45, 7) is 6.04. The van der Waals surface area contributed by atoms with Crippen molar-refractivity contribution in [3.63, 3.8) is 0 Å². The molecule has 3 aromatic rings. The van der Waals surface area contributed by atoms with E-state index in [9.17, 15) is 0 Å². The van der Waals surface area contributed by atoms with Crippen molar-refractivity contribution in [1.82, 2.24) is 9.78 Å². The van der Waals surface area contributed by atoms with E-state index in [1.807, 2.05) is 29.8 Å². The number of aryl methyl sites for hydroxylation is 2. The lowest BCUT2D eigenvalue weighted by molar-refractivity contribution is 0.171. The second-order valence-electron chi connectivity index (χ2n) is 6.22. The molecule has 0 aliphatic carbocycles. The van der Waals surface area contributed by atoms with Gasteiger partial charge in [-0.2, -0.15) is 5.10 Å². The molecule has 0 saturated carbocycles. The van der Waals surface area contributed by atoms with E-state index in [0.29, 0.717) is 13.2 Å². The van der Waals surface area contributed by atoms with Crippen LogP contribution < -0.4 is 14.8 Å². The highest BCUT2D eigenvalue weighted by Gasteiger charge is 2.11. The highest BCUT2D eigenvalue weighted by molar-refractivity contribution is 5.55. The van der Waals surface area contributed by atoms with Crippen LogP contribution in [0.4, 0.5) is 5.69 Å². The Balaban J connectivity index is 1.44. The van der Waals surface area contributed by atoms with Crippen molar-refractivity contribution in [3.8, 4) is 17.2 Å². The number of rotatable bonds is 4. The number of anilines is 1. The number of aromatic nitrogens is 2. The van der Waals surface area contributed by atoms with Crippen LogP contribution in [0.15, 0.2) is 48.5 Å². The summed E-state index contributed by atoms with van der Waals surface area (Å²) in [5.41, 5.74) is 5.47. The fourth-order valence-corrected chi connectivity index (χ4v) is 3.00. The number of hydrogen-bond acceptors (Lipinski definition) is 4. The normalized spacial score (nSPS) is 12.9. The van der Waals surface area contributed by atoms with Crippen LogP contribution in [0.25, 0.3) is 5.69 Å². The molecule has 1 aliphatic heterocycles. The zero-order valence-corrected chi connectivity index (χ0v) is 14.5. The molecule has 4 rings (SSSR count). The van der Waals surface area contributed by atoms with Gasteiger partial charge >= 0.3 is 0 Å². The molecule has 0 fully saturated rings. The van der Waals surface area contributed by atoms with Gasteiger partial charge in [0.2, 0.25) is 0 Å². The van der Waals surface area contributed by atoms with Crippen molar-refractivity contribution < 1.29 is 9.47 Å². The number of nitrogens with zero attached hydrogens (tertiary/aromatic N) is 2. The number of hydrogen-bond donors (Lipinski definition) is 1. The maximum atomic E-state index is 5.62. The summed E-state index contributed by atoms with van der Waals surface area (Å²) in [5, 5.41) is 7.95. The Morgan fingerprint density at radius 3 is 2.44 bits per heavy atom. The minimum atomic E-state index is 0.601. The molecule has 2 heterocycles. The largest absolute Gasteiger partial charge is 0.486 e. The van der Waals surface area contributed by atoms with E-state index in [1.54, 1.807) is 0 Å². The van der Waals surface area contributed by atoms with Gasteiger partial charge in [0.25, 0.3) is 0 Å². The molecule has 0 saturated heterocycles. The lowest BCUT2D eigenvalue weighted by atomic mass is 10.2. The number of fused-ring (bicyclic) bond motifs is 1. The van der Waals surface area contributed by atoms with Crippen molar-refractivity contribution in [3.05, 3.63) is 65.5 Å². The molecular formula is C20H21N3O2. The minimum absolute atomic E-state index is 0.601. The molecule has 25 heavy (non-hydrogen) atoms. The van der Waals surface area contributed by atoms with Gasteiger partial charge in [0, 0.05) is 24.0 Å². The fourth-order valence-electron chi connectivity index (χ4n) is 3.00. The van der Waals surface area contributed by atoms with Gasteiger partial charge < -0.3 is 14.8 Å². The molecule has 0 unspecified atom stereocenters. The average Bonchev–Trinajstić information content (AvgIpc) is 2.98. The lowest BCUT2D eigenvalue weighted by Gasteiger charge is -2.19. The van der Waals surface area contributed by atoms with Gasteiger partial charge in [0.15, 0.2) is 11.5 Å². The molecule has 5 nitrogen and oxygen atoms in total. The van der Waals surface area contributed by atoms with Crippen LogP contribution in [0.5, 0.6) is 11.5 Å². The molecule has 1 aromatic heterocycles. The van der Waals surface area contributed by atoms with Crippen molar-refractivity contribution >= 4 is 5.69 Å². The molecule has 5 heteroatoms. The summed E-state index contributed by atoms with van der Waals surface area (Å²) >= 11 is 0. The van der Waals surface area contributed by atoms with Gasteiger partial charge in [0.1, 0.15) is 13.2 Å². The highest BCUT2D eigenvalue weighted by Crippen LogP contribution is 2.32. The second kappa shape index (κ2) is 6.51. The molecular weight excluding hydrogens is 314 g/mol. The number of benzene rings is 2. The van der Waals surface area contributed by atoms with Gasteiger partial charge in [-0.25, -0.2) is 4.68 Å². The van der Waals surface area contributed by atoms with Crippen LogP contribution in [-0.2, 0) is 6.54 Å². The van der Waals surface area contributed by atoms with E-state index in [0.717, 1.165) is 40.8 Å². The predicted molar refractivity (Wildman–Crippen MR) is 97.8 cm³/mol. The van der Waals surface area contributed by atoms with Crippen LogP contribution in [-0.4, -0.2) is 23.0 Å². The number of nitrogens with one attached hydrogen (secondary N) is 1. The topological polar surface area (TPSA) is 48.3 Å². The first kappa shape index (κ1) is 15.6. The monoisotopic (exact) mass is 335 g/mol. The summed E-state index contributed by atoms with van der Waals surface area (Å²) in [4.78, 5) is 0. The number of ether oxygens (including phenoxy) is 2. The molecule has 2 aromatic carbocycles. The second-order valence-corrected chi connectivity index (χ2v) is 6.22. The molecule has 0 atom stereocenters. The van der Waals surface area contributed by atoms with E-state index in [2.05, 4.69) is 47.7 Å². The molecule has 0 spiro atoms. The molecule has 1 aliphatic rings. The van der Waals surface area contributed by atoms with Crippen LogP contribution in [0.1, 0.15) is 17.0 Å². The van der Waals surface area contributed by atoms with Gasteiger partial charge in [0.05, 0.1) is 11.4 Å². The standard InChI is InChI=1S/C20H21N3O2/c1-14-11-15(2)23(22-14)18-6-3-16(4-7-18)13-21-17-5-8-19-20(12-17)25-10-9-24-19/h3-8,11-12,21H,9-10,13H2,1-2H3. The third kappa shape index (κ3) is 3.31. The summed E-state index contributed by atoms with van der Waals surface area (Å²) in [6.07, 6.45) is 0. The van der Waals surface area contributed by atoms with E-state index in [4.69, 9.17) is 9.47 Å². The Morgan fingerprint density at radius 1 is 0.960 bits per heavy atom. The van der Waals surface area contributed by atoms with Crippen LogP contribution >= 0.6 is 0 Å². The fraction of sp³-hybridized carbons (Fsp3) is 0.250. The Morgan fingerprint density at radius 2 is 1.72 bits per heavy atom. The smallest absolute Gasteiger partial charge is 0.163 e. The summed E-state index contributed by atoms with van der Waals surface area (Å²) in [5.74, 6) is 1.61. The Bertz CT molecular complexity index is 884. The van der Waals surface area contributed by atoms with E-state index < -0.39 is 0 Å². The zero-order chi connectivity index (χ0) is 17.2. The first-order chi connectivity index (χ1) is 12.2. The average molecular weight is 335 g/mol. The minimum Gasteiger partial charge on any atom is -0.486 e. The third-order valence-electron chi connectivity index (χ3n) is 4.23. The first-order valence-electron chi connectivity index (χ1n) is 8.45. The van der Waals surface area contributed by atoms with Gasteiger partial charge in [-0.1, -0.05) is 12.1 Å². The summed E-state index contributed by atoms with van der Waals surface area (Å²) in [7, 11) is 0. The van der Waals surface area contributed by atoms with Crippen LogP contribution in [0.2, 0.25) is 0 Å². The summed E-state index contributed by atoms with van der Waals surface area (Å²) in [6, 6.07) is 16.5. The van der Waals surface area contributed by atoms with Gasteiger partial charge in [-0.05, 0) is 49.7 Å². The molecule has 1 N–H and O–H groups in total. The molecule has 0 bridgehead atoms. The van der Waals surface area contributed by atoms with Crippen molar-refractivity contribution in [1.29, 1.82) is 0 Å². The van der Waals surface area contributed by atoms with E-state index in [1.165, 1.54) is 5.56 Å². The SMILES string of the molecule is Cc1cc(C)n(-c2ccc(CNc3ccc4c(c3)OCCO4)cc2)n1. The molecule has 0 amide bonds. The Hall–Kier alpha value is -2.95. The quantitative estimate of drug-likeness (QED) is 0.786.